The van der Waals surface area contributed by atoms with Gasteiger partial charge in [-0.2, -0.15) is 0 Å². The number of benzene rings is 2. The third kappa shape index (κ3) is 3.19. The molecule has 0 aliphatic carbocycles. The molecule has 0 saturated carbocycles. The standard InChI is InChI=1S/C19H12ClN3OS2/c20-14-9-5-4-8-13(14)10-16-17(24)23(18(21)26-16)19-22-15(11-25-19)12-6-2-1-3-7-12/h1-11,21H/b16-10-,21-18?. The summed E-state index contributed by atoms with van der Waals surface area (Å²) in [6.07, 6.45) is 1.72. The number of carbonyl (C=O) groups excluding carboxylic acids is 1. The molecule has 3 aromatic rings. The summed E-state index contributed by atoms with van der Waals surface area (Å²) < 4.78 is 0. The molecule has 1 aliphatic rings. The Labute approximate surface area is 163 Å². The van der Waals surface area contributed by atoms with Gasteiger partial charge in [-0.05, 0) is 29.5 Å². The van der Waals surface area contributed by atoms with Gasteiger partial charge in [-0.25, -0.2) is 9.88 Å². The molecule has 1 N–H and O–H groups in total. The van der Waals surface area contributed by atoms with Crippen molar-refractivity contribution < 1.29 is 4.79 Å². The maximum absolute atomic E-state index is 12.8. The maximum Gasteiger partial charge on any atom is 0.273 e. The predicted octanol–water partition coefficient (Wildman–Crippen LogP) is 5.52. The molecular weight excluding hydrogens is 386 g/mol. The van der Waals surface area contributed by atoms with Crippen molar-refractivity contribution in [2.75, 3.05) is 4.90 Å². The first-order valence-electron chi connectivity index (χ1n) is 7.71. The average Bonchev–Trinajstić information content (AvgIpc) is 3.23. The van der Waals surface area contributed by atoms with Crippen LogP contribution in [0.15, 0.2) is 64.9 Å². The van der Waals surface area contributed by atoms with Gasteiger partial charge in [-0.15, -0.1) is 11.3 Å². The van der Waals surface area contributed by atoms with Crippen LogP contribution in [-0.4, -0.2) is 16.1 Å². The minimum absolute atomic E-state index is 0.141. The van der Waals surface area contributed by atoms with Gasteiger partial charge >= 0.3 is 0 Å². The normalized spacial score (nSPS) is 15.9. The Morgan fingerprint density at radius 2 is 1.81 bits per heavy atom. The predicted molar refractivity (Wildman–Crippen MR) is 110 cm³/mol. The second kappa shape index (κ2) is 7.07. The van der Waals surface area contributed by atoms with E-state index in [0.717, 1.165) is 28.6 Å². The van der Waals surface area contributed by atoms with Gasteiger partial charge < -0.3 is 0 Å². The lowest BCUT2D eigenvalue weighted by Crippen LogP contribution is -2.27. The van der Waals surface area contributed by atoms with E-state index in [9.17, 15) is 4.79 Å². The van der Waals surface area contributed by atoms with E-state index in [1.165, 1.54) is 16.2 Å². The van der Waals surface area contributed by atoms with E-state index >= 15 is 0 Å². The highest BCUT2D eigenvalue weighted by atomic mass is 35.5. The van der Waals surface area contributed by atoms with Crippen LogP contribution in [0, 0.1) is 5.41 Å². The van der Waals surface area contributed by atoms with E-state index in [1.807, 2.05) is 53.9 Å². The minimum Gasteiger partial charge on any atom is -0.278 e. The lowest BCUT2D eigenvalue weighted by atomic mass is 10.2. The molecule has 1 aliphatic heterocycles. The molecule has 0 radical (unpaired) electrons. The minimum atomic E-state index is -0.256. The zero-order valence-electron chi connectivity index (χ0n) is 13.3. The molecule has 26 heavy (non-hydrogen) atoms. The Morgan fingerprint density at radius 3 is 2.58 bits per heavy atom. The first-order valence-corrected chi connectivity index (χ1v) is 9.79. The fourth-order valence-corrected chi connectivity index (χ4v) is 4.42. The number of hydrogen-bond acceptors (Lipinski definition) is 5. The number of nitrogens with zero attached hydrogens (tertiary/aromatic N) is 2. The number of thioether (sulfide) groups is 1. The van der Waals surface area contributed by atoms with Gasteiger partial charge in [0.25, 0.3) is 5.91 Å². The number of anilines is 1. The Balaban J connectivity index is 1.65. The first kappa shape index (κ1) is 17.0. The topological polar surface area (TPSA) is 57.1 Å². The summed E-state index contributed by atoms with van der Waals surface area (Å²) in [5, 5.41) is 11.3. The highest BCUT2D eigenvalue weighted by Crippen LogP contribution is 2.38. The van der Waals surface area contributed by atoms with Crippen LogP contribution >= 0.6 is 34.7 Å². The summed E-state index contributed by atoms with van der Waals surface area (Å²) in [6, 6.07) is 17.1. The number of nitrogens with one attached hydrogen (secondary N) is 1. The number of thiazole rings is 1. The number of amidine groups is 1. The van der Waals surface area contributed by atoms with Crippen molar-refractivity contribution in [1.82, 2.24) is 4.98 Å². The van der Waals surface area contributed by atoms with Crippen molar-refractivity contribution in [1.29, 1.82) is 5.41 Å². The number of carbonyl (C=O) groups is 1. The monoisotopic (exact) mass is 397 g/mol. The SMILES string of the molecule is N=C1S/C(=C\c2ccccc2Cl)C(=O)N1c1nc(-c2ccccc2)cs1. The summed E-state index contributed by atoms with van der Waals surface area (Å²) in [5.74, 6) is -0.256. The molecule has 0 atom stereocenters. The van der Waals surface area contributed by atoms with E-state index in [1.54, 1.807) is 12.1 Å². The second-order valence-corrected chi connectivity index (χ2v) is 7.73. The molecule has 0 spiro atoms. The highest BCUT2D eigenvalue weighted by Gasteiger charge is 2.35. The van der Waals surface area contributed by atoms with Crippen molar-refractivity contribution in [3.05, 3.63) is 75.5 Å². The van der Waals surface area contributed by atoms with Gasteiger partial charge in [0.1, 0.15) is 0 Å². The van der Waals surface area contributed by atoms with Gasteiger partial charge in [-0.3, -0.25) is 10.2 Å². The fraction of sp³-hybridized carbons (Fsp3) is 0. The van der Waals surface area contributed by atoms with Crippen molar-refractivity contribution in [3.63, 3.8) is 0 Å². The summed E-state index contributed by atoms with van der Waals surface area (Å²) in [5.41, 5.74) is 2.52. The Morgan fingerprint density at radius 1 is 1.08 bits per heavy atom. The lowest BCUT2D eigenvalue weighted by molar-refractivity contribution is -0.113. The van der Waals surface area contributed by atoms with Crippen molar-refractivity contribution in [2.45, 2.75) is 0 Å². The van der Waals surface area contributed by atoms with Crippen molar-refractivity contribution >= 4 is 57.0 Å². The van der Waals surface area contributed by atoms with E-state index < -0.39 is 0 Å². The van der Waals surface area contributed by atoms with Crippen LogP contribution in [0.25, 0.3) is 17.3 Å². The Kier molecular flexibility index (Phi) is 4.63. The molecule has 0 unspecified atom stereocenters. The van der Waals surface area contributed by atoms with E-state index in [0.29, 0.717) is 15.1 Å². The van der Waals surface area contributed by atoms with Gasteiger partial charge in [0, 0.05) is 16.0 Å². The molecule has 4 nitrogen and oxygen atoms in total. The highest BCUT2D eigenvalue weighted by molar-refractivity contribution is 8.19. The molecule has 1 aromatic heterocycles. The Hall–Kier alpha value is -2.41. The van der Waals surface area contributed by atoms with E-state index in [2.05, 4.69) is 4.98 Å². The van der Waals surface area contributed by atoms with Crippen LogP contribution < -0.4 is 4.90 Å². The van der Waals surface area contributed by atoms with E-state index in [-0.39, 0.29) is 11.1 Å². The average molecular weight is 398 g/mol. The summed E-state index contributed by atoms with van der Waals surface area (Å²) in [7, 11) is 0. The molecular formula is C19H12ClN3OS2. The van der Waals surface area contributed by atoms with Crippen LogP contribution in [0.3, 0.4) is 0 Å². The number of amides is 1. The van der Waals surface area contributed by atoms with Gasteiger partial charge in [0.15, 0.2) is 10.3 Å². The Bertz CT molecular complexity index is 1030. The molecule has 1 amide bonds. The molecule has 1 fully saturated rings. The molecule has 7 heteroatoms. The molecule has 1 saturated heterocycles. The third-order valence-corrected chi connectivity index (χ3v) is 5.83. The van der Waals surface area contributed by atoms with Crippen LogP contribution in [0.5, 0.6) is 0 Å². The lowest BCUT2D eigenvalue weighted by Gasteiger charge is -2.09. The zero-order valence-corrected chi connectivity index (χ0v) is 15.7. The van der Waals surface area contributed by atoms with Crippen LogP contribution in [0.1, 0.15) is 5.56 Å². The van der Waals surface area contributed by atoms with Crippen LogP contribution in [0.2, 0.25) is 5.02 Å². The van der Waals surface area contributed by atoms with Gasteiger partial charge in [0.05, 0.1) is 10.6 Å². The van der Waals surface area contributed by atoms with Gasteiger partial charge in [0.2, 0.25) is 0 Å². The zero-order chi connectivity index (χ0) is 18.1. The largest absolute Gasteiger partial charge is 0.278 e. The number of halogens is 1. The number of rotatable bonds is 3. The van der Waals surface area contributed by atoms with Crippen LogP contribution in [-0.2, 0) is 4.79 Å². The van der Waals surface area contributed by atoms with Crippen molar-refractivity contribution in [3.8, 4) is 11.3 Å². The fourth-order valence-electron chi connectivity index (χ4n) is 2.50. The molecule has 128 valence electrons. The first-order chi connectivity index (χ1) is 12.6. The smallest absolute Gasteiger partial charge is 0.273 e. The van der Waals surface area contributed by atoms with Gasteiger partial charge in [-0.1, -0.05) is 60.1 Å². The summed E-state index contributed by atoms with van der Waals surface area (Å²) in [4.78, 5) is 19.1. The third-order valence-electron chi connectivity index (χ3n) is 3.77. The molecule has 0 bridgehead atoms. The molecule has 2 heterocycles. The molecule has 4 rings (SSSR count). The number of aromatic nitrogens is 1. The summed E-state index contributed by atoms with van der Waals surface area (Å²) in [6.45, 7) is 0. The van der Waals surface area contributed by atoms with E-state index in [4.69, 9.17) is 17.0 Å². The second-order valence-electron chi connectivity index (χ2n) is 5.46. The molecule has 2 aromatic carbocycles. The maximum atomic E-state index is 12.8. The summed E-state index contributed by atoms with van der Waals surface area (Å²) >= 11 is 8.63. The van der Waals surface area contributed by atoms with Crippen LogP contribution in [0.4, 0.5) is 5.13 Å². The quantitative estimate of drug-likeness (QED) is 0.592. The van der Waals surface area contributed by atoms with Crippen molar-refractivity contribution in [2.24, 2.45) is 0 Å². The number of hydrogen-bond donors (Lipinski definition) is 1.